The van der Waals surface area contributed by atoms with E-state index < -0.39 is 17.3 Å². The summed E-state index contributed by atoms with van der Waals surface area (Å²) < 4.78 is 59.1. The summed E-state index contributed by atoms with van der Waals surface area (Å²) in [6.45, 7) is 0.333. The third kappa shape index (κ3) is 4.89. The van der Waals surface area contributed by atoms with Gasteiger partial charge in [0.05, 0.1) is 17.2 Å². The van der Waals surface area contributed by atoms with Crippen molar-refractivity contribution in [2.45, 2.75) is 37.7 Å². The van der Waals surface area contributed by atoms with Crippen LogP contribution in [0.1, 0.15) is 29.5 Å². The predicted octanol–water partition coefficient (Wildman–Crippen LogP) is 5.39. The van der Waals surface area contributed by atoms with E-state index in [0.717, 1.165) is 22.9 Å². The van der Waals surface area contributed by atoms with Crippen LogP contribution in [0.4, 0.5) is 17.6 Å². The molecule has 4 nitrogen and oxygen atoms in total. The second-order valence-electron chi connectivity index (χ2n) is 7.23. The summed E-state index contributed by atoms with van der Waals surface area (Å²) in [7, 11) is 0. The number of nitrogens with zero attached hydrogens (tertiary/aromatic N) is 2. The van der Waals surface area contributed by atoms with Gasteiger partial charge in [0.1, 0.15) is 17.7 Å². The highest BCUT2D eigenvalue weighted by Gasteiger charge is 2.35. The van der Waals surface area contributed by atoms with Gasteiger partial charge in [0, 0.05) is 35.9 Å². The third-order valence-corrected chi connectivity index (χ3v) is 5.26. The van der Waals surface area contributed by atoms with E-state index >= 15 is 0 Å². The van der Waals surface area contributed by atoms with E-state index in [4.69, 9.17) is 10.00 Å². The number of pyridine rings is 1. The largest absolute Gasteiger partial charge is 0.490 e. The van der Waals surface area contributed by atoms with Crippen LogP contribution in [-0.4, -0.2) is 17.1 Å². The summed E-state index contributed by atoms with van der Waals surface area (Å²) in [5.74, 6) is -0.219. The fraction of sp³-hybridized carbons (Fsp3) is 0.273. The number of fused-ring (bicyclic) bond motifs is 1. The van der Waals surface area contributed by atoms with Crippen molar-refractivity contribution in [3.63, 3.8) is 0 Å². The molecular formula is C22H18ClF4N3O. The smallest absolute Gasteiger partial charge is 0.417 e. The first-order valence-corrected chi connectivity index (χ1v) is 9.37. The molecule has 0 bridgehead atoms. The summed E-state index contributed by atoms with van der Waals surface area (Å²) in [5.41, 5.74) is -0.881. The van der Waals surface area contributed by atoms with Gasteiger partial charge in [-0.25, -0.2) is 4.39 Å². The SMILES string of the molecule is Cl.N#Cc1ccc(OC2CC(NCc3c(F)ccc4cnccc34)C2)cc1C(F)(F)F. The Bertz CT molecular complexity index is 1120. The molecule has 0 unspecified atom stereocenters. The Hall–Kier alpha value is -2.89. The Kier molecular flexibility index (Phi) is 6.68. The molecule has 0 amide bonds. The van der Waals surface area contributed by atoms with Gasteiger partial charge in [0.25, 0.3) is 0 Å². The monoisotopic (exact) mass is 451 g/mol. The fourth-order valence-electron chi connectivity index (χ4n) is 3.58. The molecule has 0 radical (unpaired) electrons. The van der Waals surface area contributed by atoms with Crippen LogP contribution in [0, 0.1) is 17.1 Å². The molecular weight excluding hydrogens is 434 g/mol. The molecule has 3 aromatic rings. The van der Waals surface area contributed by atoms with E-state index in [0.29, 0.717) is 24.9 Å². The quantitative estimate of drug-likeness (QED) is 0.529. The molecule has 162 valence electrons. The molecule has 1 aliphatic carbocycles. The number of rotatable bonds is 5. The zero-order chi connectivity index (χ0) is 21.3. The molecule has 0 saturated heterocycles. The van der Waals surface area contributed by atoms with E-state index in [1.54, 1.807) is 30.6 Å². The van der Waals surface area contributed by atoms with Gasteiger partial charge in [-0.2, -0.15) is 18.4 Å². The molecule has 2 aromatic carbocycles. The molecule has 1 aromatic heterocycles. The number of halogens is 5. The minimum absolute atomic E-state index is 0. The van der Waals surface area contributed by atoms with E-state index in [1.807, 2.05) is 0 Å². The van der Waals surface area contributed by atoms with Crippen molar-refractivity contribution in [1.82, 2.24) is 10.3 Å². The van der Waals surface area contributed by atoms with Gasteiger partial charge >= 0.3 is 6.18 Å². The zero-order valence-electron chi connectivity index (χ0n) is 16.1. The molecule has 4 rings (SSSR count). The van der Waals surface area contributed by atoms with Crippen molar-refractivity contribution >= 4 is 23.2 Å². The lowest BCUT2D eigenvalue weighted by molar-refractivity contribution is -0.138. The summed E-state index contributed by atoms with van der Waals surface area (Å²) in [6.07, 6.45) is -0.376. The Morgan fingerprint density at radius 3 is 2.65 bits per heavy atom. The minimum atomic E-state index is -4.62. The molecule has 9 heteroatoms. The first-order valence-electron chi connectivity index (χ1n) is 9.37. The van der Waals surface area contributed by atoms with Crippen LogP contribution in [0.15, 0.2) is 48.8 Å². The van der Waals surface area contributed by atoms with Crippen molar-refractivity contribution < 1.29 is 22.3 Å². The minimum Gasteiger partial charge on any atom is -0.490 e. The number of hydrogen-bond donors (Lipinski definition) is 1. The van der Waals surface area contributed by atoms with Gasteiger partial charge in [0.15, 0.2) is 0 Å². The predicted molar refractivity (Wildman–Crippen MR) is 109 cm³/mol. The standard InChI is InChI=1S/C22H17F4N3O.ClH/c23-21-4-2-14-11-28-6-5-18(14)19(21)12-29-15-7-17(8-15)30-16-3-1-13(10-27)20(9-16)22(24,25)26;/h1-6,9,11,15,17,29H,7-8,12H2;1H. The van der Waals surface area contributed by atoms with E-state index in [9.17, 15) is 17.6 Å². The highest BCUT2D eigenvalue weighted by molar-refractivity contribution is 5.85. The molecule has 1 fully saturated rings. The van der Waals surface area contributed by atoms with Crippen LogP contribution in [0.2, 0.25) is 0 Å². The topological polar surface area (TPSA) is 57.9 Å². The highest BCUT2D eigenvalue weighted by Crippen LogP contribution is 2.35. The molecule has 31 heavy (non-hydrogen) atoms. The van der Waals surface area contributed by atoms with E-state index in [1.165, 1.54) is 12.1 Å². The van der Waals surface area contributed by atoms with Gasteiger partial charge in [-0.05, 0) is 54.6 Å². The number of aromatic nitrogens is 1. The summed E-state index contributed by atoms with van der Waals surface area (Å²) in [6, 6.07) is 9.83. The Labute approximate surface area is 182 Å². The maximum absolute atomic E-state index is 14.3. The van der Waals surface area contributed by atoms with Crippen LogP contribution in [0.25, 0.3) is 10.8 Å². The van der Waals surface area contributed by atoms with Crippen molar-refractivity contribution in [3.05, 3.63) is 71.3 Å². The van der Waals surface area contributed by atoms with Gasteiger partial charge in [-0.3, -0.25) is 4.98 Å². The molecule has 0 spiro atoms. The normalized spacial score (nSPS) is 18.0. The van der Waals surface area contributed by atoms with Crippen LogP contribution in [0.3, 0.4) is 0 Å². The van der Waals surface area contributed by atoms with Crippen molar-refractivity contribution in [2.75, 3.05) is 0 Å². The van der Waals surface area contributed by atoms with Crippen molar-refractivity contribution in [3.8, 4) is 11.8 Å². The maximum Gasteiger partial charge on any atom is 0.417 e. The first kappa shape index (κ1) is 22.8. The Morgan fingerprint density at radius 1 is 1.16 bits per heavy atom. The molecule has 1 aliphatic rings. The zero-order valence-corrected chi connectivity index (χ0v) is 16.9. The highest BCUT2D eigenvalue weighted by atomic mass is 35.5. The lowest BCUT2D eigenvalue weighted by Gasteiger charge is -2.36. The molecule has 0 aliphatic heterocycles. The number of alkyl halides is 3. The summed E-state index contributed by atoms with van der Waals surface area (Å²) >= 11 is 0. The summed E-state index contributed by atoms with van der Waals surface area (Å²) in [5, 5.41) is 13.8. The van der Waals surface area contributed by atoms with Crippen LogP contribution < -0.4 is 10.1 Å². The lowest BCUT2D eigenvalue weighted by Crippen LogP contribution is -2.46. The van der Waals surface area contributed by atoms with Crippen LogP contribution in [-0.2, 0) is 12.7 Å². The third-order valence-electron chi connectivity index (χ3n) is 5.26. The average Bonchev–Trinajstić information content (AvgIpc) is 2.70. The number of benzene rings is 2. The van der Waals surface area contributed by atoms with Gasteiger partial charge in [0.2, 0.25) is 0 Å². The van der Waals surface area contributed by atoms with Gasteiger partial charge < -0.3 is 10.1 Å². The average molecular weight is 452 g/mol. The van der Waals surface area contributed by atoms with Gasteiger partial charge in [-0.15, -0.1) is 12.4 Å². The maximum atomic E-state index is 14.3. The Balaban J connectivity index is 0.00000272. The number of nitrogens with one attached hydrogen (secondary N) is 1. The second kappa shape index (κ2) is 9.08. The molecule has 1 saturated carbocycles. The first-order chi connectivity index (χ1) is 14.3. The fourth-order valence-corrected chi connectivity index (χ4v) is 3.58. The Morgan fingerprint density at radius 2 is 1.94 bits per heavy atom. The number of ether oxygens (including phenoxy) is 1. The lowest BCUT2D eigenvalue weighted by atomic mass is 9.89. The molecule has 0 atom stereocenters. The molecule has 1 N–H and O–H groups in total. The van der Waals surface area contributed by atoms with Crippen molar-refractivity contribution in [2.24, 2.45) is 0 Å². The van der Waals surface area contributed by atoms with Crippen molar-refractivity contribution in [1.29, 1.82) is 5.26 Å². The van der Waals surface area contributed by atoms with E-state index in [-0.39, 0.29) is 36.1 Å². The van der Waals surface area contributed by atoms with Gasteiger partial charge in [-0.1, -0.05) is 0 Å². The van der Waals surface area contributed by atoms with Crippen LogP contribution in [0.5, 0.6) is 5.75 Å². The number of nitriles is 1. The van der Waals surface area contributed by atoms with Crippen LogP contribution >= 0.6 is 12.4 Å². The molecule has 1 heterocycles. The number of hydrogen-bond acceptors (Lipinski definition) is 4. The van der Waals surface area contributed by atoms with E-state index in [2.05, 4.69) is 10.3 Å². The second-order valence-corrected chi connectivity index (χ2v) is 7.23. The summed E-state index contributed by atoms with van der Waals surface area (Å²) in [4.78, 5) is 4.04.